The lowest BCUT2D eigenvalue weighted by Crippen LogP contribution is -2.16. The largest absolute Gasteiger partial charge is 0.307 e. The predicted molar refractivity (Wildman–Crippen MR) is 89.9 cm³/mol. The normalized spacial score (nSPS) is 10.4. The van der Waals surface area contributed by atoms with Gasteiger partial charge >= 0.3 is 0 Å². The van der Waals surface area contributed by atoms with Crippen molar-refractivity contribution < 1.29 is 4.79 Å². The number of nitrogens with one attached hydrogen (secondary N) is 1. The molecule has 1 aromatic heterocycles. The SMILES string of the molecule is O=C(Nc1ccnn1Cc1ccccc1Br)c1ccccc1. The fourth-order valence-corrected chi connectivity index (χ4v) is 2.54. The Labute approximate surface area is 136 Å². The number of halogens is 1. The van der Waals surface area contributed by atoms with Gasteiger partial charge in [-0.2, -0.15) is 5.10 Å². The Kier molecular flexibility index (Phi) is 4.34. The number of rotatable bonds is 4. The highest BCUT2D eigenvalue weighted by atomic mass is 79.9. The average molecular weight is 356 g/mol. The van der Waals surface area contributed by atoms with E-state index < -0.39 is 0 Å². The second kappa shape index (κ2) is 6.58. The third kappa shape index (κ3) is 3.26. The fraction of sp³-hybridized carbons (Fsp3) is 0.0588. The van der Waals surface area contributed by atoms with Gasteiger partial charge in [0.15, 0.2) is 0 Å². The molecule has 0 aliphatic heterocycles. The predicted octanol–water partition coefficient (Wildman–Crippen LogP) is 3.95. The maximum atomic E-state index is 12.2. The van der Waals surface area contributed by atoms with E-state index in [1.807, 2.05) is 42.5 Å². The molecule has 0 radical (unpaired) electrons. The zero-order chi connectivity index (χ0) is 15.4. The minimum atomic E-state index is -0.144. The highest BCUT2D eigenvalue weighted by Gasteiger charge is 2.10. The van der Waals surface area contributed by atoms with Crippen LogP contribution >= 0.6 is 15.9 Å². The van der Waals surface area contributed by atoms with E-state index in [9.17, 15) is 4.79 Å². The van der Waals surface area contributed by atoms with Gasteiger partial charge in [0.05, 0.1) is 12.7 Å². The first-order valence-corrected chi connectivity index (χ1v) is 7.65. The molecule has 4 nitrogen and oxygen atoms in total. The van der Waals surface area contributed by atoms with Gasteiger partial charge in [0, 0.05) is 16.1 Å². The van der Waals surface area contributed by atoms with Crippen molar-refractivity contribution in [2.24, 2.45) is 0 Å². The molecular weight excluding hydrogens is 342 g/mol. The van der Waals surface area contributed by atoms with Gasteiger partial charge in [0.2, 0.25) is 0 Å². The number of aromatic nitrogens is 2. The van der Waals surface area contributed by atoms with Crippen LogP contribution < -0.4 is 5.32 Å². The molecule has 3 rings (SSSR count). The lowest BCUT2D eigenvalue weighted by Gasteiger charge is -2.10. The second-order valence-electron chi connectivity index (χ2n) is 4.79. The van der Waals surface area contributed by atoms with Gasteiger partial charge in [-0.3, -0.25) is 4.79 Å². The molecule has 1 N–H and O–H groups in total. The maximum Gasteiger partial charge on any atom is 0.256 e. The Bertz CT molecular complexity index is 783. The summed E-state index contributed by atoms with van der Waals surface area (Å²) in [4.78, 5) is 12.2. The minimum absolute atomic E-state index is 0.144. The van der Waals surface area contributed by atoms with Crippen molar-refractivity contribution in [3.05, 3.63) is 82.5 Å². The molecule has 2 aromatic carbocycles. The Morgan fingerprint density at radius 3 is 2.55 bits per heavy atom. The standard InChI is InChI=1S/C17H14BrN3O/c18-15-9-5-4-8-14(15)12-21-16(10-11-19-21)20-17(22)13-6-2-1-3-7-13/h1-11H,12H2,(H,20,22). The fourth-order valence-electron chi connectivity index (χ4n) is 2.13. The smallest absolute Gasteiger partial charge is 0.256 e. The summed E-state index contributed by atoms with van der Waals surface area (Å²) in [6.07, 6.45) is 1.68. The van der Waals surface area contributed by atoms with Gasteiger partial charge < -0.3 is 5.32 Å². The van der Waals surface area contributed by atoms with Crippen molar-refractivity contribution in [1.82, 2.24) is 9.78 Å². The van der Waals surface area contributed by atoms with Crippen molar-refractivity contribution in [3.8, 4) is 0 Å². The first-order valence-electron chi connectivity index (χ1n) is 6.85. The Balaban J connectivity index is 1.78. The van der Waals surface area contributed by atoms with E-state index in [0.717, 1.165) is 10.0 Å². The van der Waals surface area contributed by atoms with Crippen molar-refractivity contribution in [2.45, 2.75) is 6.54 Å². The van der Waals surface area contributed by atoms with Gasteiger partial charge in [-0.25, -0.2) is 4.68 Å². The molecule has 110 valence electrons. The van der Waals surface area contributed by atoms with E-state index in [4.69, 9.17) is 0 Å². The number of nitrogens with zero attached hydrogens (tertiary/aromatic N) is 2. The molecule has 0 aliphatic carbocycles. The van der Waals surface area contributed by atoms with Crippen molar-refractivity contribution in [2.75, 3.05) is 5.32 Å². The van der Waals surface area contributed by atoms with Crippen LogP contribution in [-0.4, -0.2) is 15.7 Å². The number of hydrogen-bond donors (Lipinski definition) is 1. The number of amides is 1. The maximum absolute atomic E-state index is 12.2. The summed E-state index contributed by atoms with van der Waals surface area (Å²) in [7, 11) is 0. The molecule has 0 atom stereocenters. The van der Waals surface area contributed by atoms with Gasteiger partial charge in [0.1, 0.15) is 5.82 Å². The molecule has 0 saturated heterocycles. The number of hydrogen-bond acceptors (Lipinski definition) is 2. The second-order valence-corrected chi connectivity index (χ2v) is 5.64. The lowest BCUT2D eigenvalue weighted by molar-refractivity contribution is 0.102. The molecule has 3 aromatic rings. The van der Waals surface area contributed by atoms with E-state index in [2.05, 4.69) is 26.3 Å². The van der Waals surface area contributed by atoms with E-state index in [0.29, 0.717) is 17.9 Å². The first-order chi connectivity index (χ1) is 10.7. The minimum Gasteiger partial charge on any atom is -0.307 e. The molecule has 0 bridgehead atoms. The molecule has 22 heavy (non-hydrogen) atoms. The highest BCUT2D eigenvalue weighted by Crippen LogP contribution is 2.19. The van der Waals surface area contributed by atoms with Crippen LogP contribution in [-0.2, 0) is 6.54 Å². The third-order valence-corrected chi connectivity index (χ3v) is 4.05. The molecule has 1 heterocycles. The molecule has 0 aliphatic rings. The zero-order valence-electron chi connectivity index (χ0n) is 11.7. The van der Waals surface area contributed by atoms with E-state index in [1.54, 1.807) is 29.1 Å². The summed E-state index contributed by atoms with van der Waals surface area (Å²) in [5.74, 6) is 0.527. The van der Waals surface area contributed by atoms with Crippen LogP contribution in [0.4, 0.5) is 5.82 Å². The molecule has 0 spiro atoms. The van der Waals surface area contributed by atoms with Crippen LogP contribution in [0.3, 0.4) is 0 Å². The lowest BCUT2D eigenvalue weighted by atomic mass is 10.2. The van der Waals surface area contributed by atoms with Crippen molar-refractivity contribution in [1.29, 1.82) is 0 Å². The van der Waals surface area contributed by atoms with Crippen LogP contribution in [0.25, 0.3) is 0 Å². The van der Waals surface area contributed by atoms with E-state index in [-0.39, 0.29) is 5.91 Å². The molecule has 0 fully saturated rings. The summed E-state index contributed by atoms with van der Waals surface area (Å²) in [5.41, 5.74) is 1.72. The summed E-state index contributed by atoms with van der Waals surface area (Å²) in [6.45, 7) is 0.582. The molecule has 0 saturated carbocycles. The Morgan fingerprint density at radius 2 is 1.77 bits per heavy atom. The molecule has 0 unspecified atom stereocenters. The summed E-state index contributed by atoms with van der Waals surface area (Å²) in [5, 5.41) is 7.17. The number of anilines is 1. The molecule has 5 heteroatoms. The molecular formula is C17H14BrN3O. The van der Waals surface area contributed by atoms with Gasteiger partial charge in [0.25, 0.3) is 5.91 Å². The van der Waals surface area contributed by atoms with Crippen LogP contribution in [0.5, 0.6) is 0 Å². The number of benzene rings is 2. The third-order valence-electron chi connectivity index (χ3n) is 3.27. The average Bonchev–Trinajstić information content (AvgIpc) is 2.97. The highest BCUT2D eigenvalue weighted by molar-refractivity contribution is 9.10. The molecule has 1 amide bonds. The first kappa shape index (κ1) is 14.5. The van der Waals surface area contributed by atoms with Crippen LogP contribution in [0.2, 0.25) is 0 Å². The summed E-state index contributed by atoms with van der Waals surface area (Å²) >= 11 is 3.53. The summed E-state index contributed by atoms with van der Waals surface area (Å²) < 4.78 is 2.78. The van der Waals surface area contributed by atoms with Crippen LogP contribution in [0.1, 0.15) is 15.9 Å². The van der Waals surface area contributed by atoms with Gasteiger partial charge in [-0.15, -0.1) is 0 Å². The Morgan fingerprint density at radius 1 is 1.05 bits per heavy atom. The number of carbonyl (C=O) groups excluding carboxylic acids is 1. The van der Waals surface area contributed by atoms with Crippen molar-refractivity contribution >= 4 is 27.7 Å². The Hall–Kier alpha value is -2.40. The monoisotopic (exact) mass is 355 g/mol. The van der Waals surface area contributed by atoms with Crippen LogP contribution in [0, 0.1) is 0 Å². The van der Waals surface area contributed by atoms with E-state index in [1.165, 1.54) is 0 Å². The zero-order valence-corrected chi connectivity index (χ0v) is 13.3. The van der Waals surface area contributed by atoms with Crippen molar-refractivity contribution in [3.63, 3.8) is 0 Å². The van der Waals surface area contributed by atoms with E-state index >= 15 is 0 Å². The number of carbonyl (C=O) groups is 1. The topological polar surface area (TPSA) is 46.9 Å². The van der Waals surface area contributed by atoms with Gasteiger partial charge in [-0.05, 0) is 23.8 Å². The quantitative estimate of drug-likeness (QED) is 0.770. The van der Waals surface area contributed by atoms with Crippen LogP contribution in [0.15, 0.2) is 71.3 Å². The van der Waals surface area contributed by atoms with Gasteiger partial charge in [-0.1, -0.05) is 52.3 Å². The summed E-state index contributed by atoms with van der Waals surface area (Å²) in [6, 6.07) is 18.9.